The van der Waals surface area contributed by atoms with Gasteiger partial charge in [-0.05, 0) is 42.0 Å². The predicted molar refractivity (Wildman–Crippen MR) is 108 cm³/mol. The first-order chi connectivity index (χ1) is 13.2. The Morgan fingerprint density at radius 3 is 2.54 bits per heavy atom. The van der Waals surface area contributed by atoms with Crippen molar-refractivity contribution in [2.45, 2.75) is 25.6 Å². The molecule has 0 aliphatic heterocycles. The Kier molecular flexibility index (Phi) is 7.22. The van der Waals surface area contributed by atoms with Crippen molar-refractivity contribution in [3.63, 3.8) is 0 Å². The number of hydrogen-bond acceptors (Lipinski definition) is 3. The summed E-state index contributed by atoms with van der Waals surface area (Å²) >= 11 is 5.27. The zero-order chi connectivity index (χ0) is 20.7. The molecule has 150 valence electrons. The third-order valence-corrected chi connectivity index (χ3v) is 4.18. The number of benzene rings is 2. The average Bonchev–Trinajstić information content (AvgIpc) is 2.66. The van der Waals surface area contributed by atoms with Gasteiger partial charge in [-0.3, -0.25) is 4.79 Å². The van der Waals surface area contributed by atoms with Crippen molar-refractivity contribution in [3.05, 3.63) is 59.7 Å². The van der Waals surface area contributed by atoms with Gasteiger partial charge in [0.2, 0.25) is 5.91 Å². The molecule has 2 aromatic rings. The Bertz CT molecular complexity index is 842. The van der Waals surface area contributed by atoms with Gasteiger partial charge < -0.3 is 21.7 Å². The molecule has 1 amide bonds. The van der Waals surface area contributed by atoms with E-state index in [0.29, 0.717) is 16.9 Å². The van der Waals surface area contributed by atoms with E-state index in [9.17, 15) is 18.0 Å². The Hall–Kier alpha value is -2.81. The lowest BCUT2D eigenvalue weighted by atomic mass is 10.0. The van der Waals surface area contributed by atoms with E-state index in [2.05, 4.69) is 16.0 Å². The first-order valence-corrected chi connectivity index (χ1v) is 8.97. The molecule has 28 heavy (non-hydrogen) atoms. The number of nitrogens with one attached hydrogen (secondary N) is 3. The fourth-order valence-corrected chi connectivity index (χ4v) is 2.70. The van der Waals surface area contributed by atoms with Gasteiger partial charge in [0.15, 0.2) is 5.11 Å². The molecule has 2 rings (SSSR count). The minimum Gasteiger partial charge on any atom is -0.397 e. The average molecular weight is 410 g/mol. The summed E-state index contributed by atoms with van der Waals surface area (Å²) in [5.41, 5.74) is 6.48. The fourth-order valence-electron chi connectivity index (χ4n) is 2.45. The van der Waals surface area contributed by atoms with Crippen LogP contribution < -0.4 is 21.7 Å². The molecule has 0 heterocycles. The number of halogens is 3. The van der Waals surface area contributed by atoms with Crippen LogP contribution in [0.15, 0.2) is 48.5 Å². The molecule has 0 saturated carbocycles. The Balaban J connectivity index is 2.20. The molecule has 0 aromatic heterocycles. The van der Waals surface area contributed by atoms with Gasteiger partial charge in [-0.15, -0.1) is 0 Å². The van der Waals surface area contributed by atoms with Gasteiger partial charge in [-0.2, -0.15) is 13.2 Å². The zero-order valence-electron chi connectivity index (χ0n) is 15.1. The second-order valence-corrected chi connectivity index (χ2v) is 6.43. The van der Waals surface area contributed by atoms with Gasteiger partial charge in [0.05, 0.1) is 23.0 Å². The number of para-hydroxylation sites is 2. The van der Waals surface area contributed by atoms with Crippen molar-refractivity contribution >= 4 is 34.6 Å². The van der Waals surface area contributed by atoms with Crippen LogP contribution >= 0.6 is 12.2 Å². The molecule has 1 unspecified atom stereocenters. The molecule has 0 saturated heterocycles. The van der Waals surface area contributed by atoms with Gasteiger partial charge in [-0.1, -0.05) is 31.2 Å². The SMILES string of the molecule is CCC(=O)NCC(NC(=S)Nc1ccccc1N)c1cccc(C(F)(F)F)c1. The third-order valence-electron chi connectivity index (χ3n) is 3.96. The molecule has 0 spiro atoms. The summed E-state index contributed by atoms with van der Waals surface area (Å²) in [4.78, 5) is 11.6. The van der Waals surface area contributed by atoms with Crippen molar-refractivity contribution < 1.29 is 18.0 Å². The number of alkyl halides is 3. The van der Waals surface area contributed by atoms with E-state index in [1.165, 1.54) is 6.07 Å². The van der Waals surface area contributed by atoms with Crippen LogP contribution in [0.1, 0.15) is 30.5 Å². The Morgan fingerprint density at radius 2 is 1.89 bits per heavy atom. The molecule has 0 radical (unpaired) electrons. The van der Waals surface area contributed by atoms with Crippen LogP contribution in [0.4, 0.5) is 24.5 Å². The quantitative estimate of drug-likeness (QED) is 0.430. The molecule has 1 atom stereocenters. The second kappa shape index (κ2) is 9.41. The van der Waals surface area contributed by atoms with Crippen LogP contribution in [-0.2, 0) is 11.0 Å². The minimum atomic E-state index is -4.47. The van der Waals surface area contributed by atoms with E-state index in [4.69, 9.17) is 18.0 Å². The van der Waals surface area contributed by atoms with Crippen LogP contribution in [0.25, 0.3) is 0 Å². The first-order valence-electron chi connectivity index (χ1n) is 8.56. The van der Waals surface area contributed by atoms with Crippen LogP contribution in [-0.4, -0.2) is 17.6 Å². The van der Waals surface area contributed by atoms with Crippen molar-refractivity contribution in [3.8, 4) is 0 Å². The normalized spacial score (nSPS) is 12.1. The first kappa shape index (κ1) is 21.5. The maximum Gasteiger partial charge on any atom is 0.416 e. The maximum atomic E-state index is 13.1. The predicted octanol–water partition coefficient (Wildman–Crippen LogP) is 3.84. The molecule has 0 bridgehead atoms. The van der Waals surface area contributed by atoms with Crippen molar-refractivity contribution in [1.29, 1.82) is 0 Å². The third kappa shape index (κ3) is 6.12. The molecular weight excluding hydrogens is 389 g/mol. The largest absolute Gasteiger partial charge is 0.416 e. The van der Waals surface area contributed by atoms with E-state index < -0.39 is 17.8 Å². The highest BCUT2D eigenvalue weighted by Crippen LogP contribution is 2.30. The van der Waals surface area contributed by atoms with Crippen LogP contribution in [0.5, 0.6) is 0 Å². The van der Waals surface area contributed by atoms with Gasteiger partial charge in [0, 0.05) is 13.0 Å². The highest BCUT2D eigenvalue weighted by atomic mass is 32.1. The van der Waals surface area contributed by atoms with Crippen molar-refractivity contribution in [2.24, 2.45) is 0 Å². The number of rotatable bonds is 6. The number of nitrogens with two attached hydrogens (primary N) is 1. The summed E-state index contributed by atoms with van der Waals surface area (Å²) in [6, 6.07) is 11.2. The highest BCUT2D eigenvalue weighted by Gasteiger charge is 2.31. The van der Waals surface area contributed by atoms with E-state index >= 15 is 0 Å². The zero-order valence-corrected chi connectivity index (χ0v) is 16.0. The van der Waals surface area contributed by atoms with Gasteiger partial charge in [-0.25, -0.2) is 0 Å². The lowest BCUT2D eigenvalue weighted by Gasteiger charge is -2.23. The Morgan fingerprint density at radius 1 is 1.18 bits per heavy atom. The number of nitrogen functional groups attached to an aromatic ring is 1. The number of hydrogen-bond donors (Lipinski definition) is 4. The maximum absolute atomic E-state index is 13.1. The van der Waals surface area contributed by atoms with Gasteiger partial charge >= 0.3 is 6.18 Å². The van der Waals surface area contributed by atoms with E-state index in [0.717, 1.165) is 12.1 Å². The topological polar surface area (TPSA) is 79.2 Å². The molecule has 9 heteroatoms. The smallest absolute Gasteiger partial charge is 0.397 e. The molecular formula is C19H21F3N4OS. The van der Waals surface area contributed by atoms with Crippen LogP contribution in [0.2, 0.25) is 0 Å². The van der Waals surface area contributed by atoms with E-state index in [1.54, 1.807) is 37.3 Å². The lowest BCUT2D eigenvalue weighted by molar-refractivity contribution is -0.137. The lowest BCUT2D eigenvalue weighted by Crippen LogP contribution is -2.39. The summed E-state index contributed by atoms with van der Waals surface area (Å²) in [6.07, 6.45) is -4.21. The van der Waals surface area contributed by atoms with Gasteiger partial charge in [0.25, 0.3) is 0 Å². The summed E-state index contributed by atoms with van der Waals surface area (Å²) in [7, 11) is 0. The number of carbonyl (C=O) groups is 1. The minimum absolute atomic E-state index is 0.0695. The standard InChI is InChI=1S/C19H21F3N4OS/c1-2-17(27)24-11-16(12-6-5-7-13(10-12)19(20,21)22)26-18(28)25-15-9-4-3-8-14(15)23/h3-10,16H,2,11,23H2,1H3,(H,24,27)(H2,25,26,28). The number of thiocarbonyl (C=S) groups is 1. The van der Waals surface area contributed by atoms with E-state index in [1.807, 2.05) is 0 Å². The number of carbonyl (C=O) groups excluding carboxylic acids is 1. The molecule has 5 nitrogen and oxygen atoms in total. The molecule has 5 N–H and O–H groups in total. The summed E-state index contributed by atoms with van der Waals surface area (Å²) in [6.45, 7) is 1.76. The summed E-state index contributed by atoms with van der Waals surface area (Å²) in [5.74, 6) is -0.218. The van der Waals surface area contributed by atoms with Gasteiger partial charge in [0.1, 0.15) is 0 Å². The Labute approximate surface area is 166 Å². The van der Waals surface area contributed by atoms with Crippen LogP contribution in [0, 0.1) is 0 Å². The second-order valence-electron chi connectivity index (χ2n) is 6.02. The highest BCUT2D eigenvalue weighted by molar-refractivity contribution is 7.80. The number of anilines is 2. The summed E-state index contributed by atoms with van der Waals surface area (Å²) in [5, 5.41) is 8.71. The fraction of sp³-hybridized carbons (Fsp3) is 0.263. The summed E-state index contributed by atoms with van der Waals surface area (Å²) < 4.78 is 39.2. The molecule has 0 aliphatic carbocycles. The van der Waals surface area contributed by atoms with E-state index in [-0.39, 0.29) is 24.0 Å². The molecule has 0 fully saturated rings. The number of amides is 1. The monoisotopic (exact) mass is 410 g/mol. The van der Waals surface area contributed by atoms with Crippen molar-refractivity contribution in [1.82, 2.24) is 10.6 Å². The molecule has 0 aliphatic rings. The molecule has 2 aromatic carbocycles. The van der Waals surface area contributed by atoms with Crippen LogP contribution in [0.3, 0.4) is 0 Å². The van der Waals surface area contributed by atoms with Crippen molar-refractivity contribution in [2.75, 3.05) is 17.6 Å².